The van der Waals surface area contributed by atoms with Crippen LogP contribution in [0.3, 0.4) is 0 Å². The fourth-order valence-electron chi connectivity index (χ4n) is 3.61. The first-order valence-corrected chi connectivity index (χ1v) is 12.3. The van der Waals surface area contributed by atoms with Crippen molar-refractivity contribution in [3.63, 3.8) is 0 Å². The van der Waals surface area contributed by atoms with E-state index in [0.29, 0.717) is 17.8 Å². The summed E-state index contributed by atoms with van der Waals surface area (Å²) in [7, 11) is -3.85. The van der Waals surface area contributed by atoms with Crippen LogP contribution in [-0.2, 0) is 10.0 Å². The van der Waals surface area contributed by atoms with Gasteiger partial charge in [0.1, 0.15) is 5.82 Å². The minimum atomic E-state index is -3.85. The molecule has 8 heteroatoms. The average Bonchev–Trinajstić information content (AvgIpc) is 2.82. The number of rotatable bonds is 10. The molecule has 6 nitrogen and oxygen atoms in total. The number of likely N-dealkylation sites (N-methyl/N-ethyl adjacent to an activating group) is 1. The lowest BCUT2D eigenvalue weighted by Crippen LogP contribution is -2.38. The third kappa shape index (κ3) is 6.40. The molecule has 33 heavy (non-hydrogen) atoms. The van der Waals surface area contributed by atoms with Gasteiger partial charge in [-0.3, -0.25) is 14.4 Å². The van der Waals surface area contributed by atoms with E-state index in [9.17, 15) is 17.6 Å². The van der Waals surface area contributed by atoms with Crippen molar-refractivity contribution >= 4 is 21.6 Å². The highest BCUT2D eigenvalue weighted by Gasteiger charge is 2.19. The summed E-state index contributed by atoms with van der Waals surface area (Å²) in [6.45, 7) is 6.34. The van der Waals surface area contributed by atoms with Crippen LogP contribution in [0.25, 0.3) is 0 Å². The summed E-state index contributed by atoms with van der Waals surface area (Å²) < 4.78 is 40.4. The van der Waals surface area contributed by atoms with E-state index in [4.69, 9.17) is 0 Å². The molecule has 3 aromatic rings. The van der Waals surface area contributed by atoms with E-state index in [1.807, 2.05) is 18.2 Å². The lowest BCUT2D eigenvalue weighted by atomic mass is 10.0. The van der Waals surface area contributed by atoms with E-state index in [1.165, 1.54) is 24.3 Å². The summed E-state index contributed by atoms with van der Waals surface area (Å²) in [5.74, 6) is -0.754. The highest BCUT2D eigenvalue weighted by atomic mass is 32.2. The summed E-state index contributed by atoms with van der Waals surface area (Å²) in [6, 6.07) is 20.8. The summed E-state index contributed by atoms with van der Waals surface area (Å²) in [4.78, 5) is 15.0. The van der Waals surface area contributed by atoms with Gasteiger partial charge in [-0.2, -0.15) is 0 Å². The van der Waals surface area contributed by atoms with E-state index >= 15 is 0 Å². The number of anilines is 1. The zero-order valence-electron chi connectivity index (χ0n) is 18.7. The van der Waals surface area contributed by atoms with E-state index in [-0.39, 0.29) is 16.8 Å². The standard InChI is InChI=1S/C25H28FN3O3S/c1-3-29(4-2)24(19-8-6-5-7-9-19)18-27-25(30)20-10-14-22(15-11-20)28-33(31,32)23-16-12-21(26)13-17-23/h5-17,24,28H,3-4,18H2,1-2H3,(H,27,30)/t24-/m0/s1. The van der Waals surface area contributed by atoms with Crippen molar-refractivity contribution in [2.75, 3.05) is 24.4 Å². The van der Waals surface area contributed by atoms with E-state index in [1.54, 1.807) is 12.1 Å². The Hall–Kier alpha value is -3.23. The molecule has 0 spiro atoms. The van der Waals surface area contributed by atoms with Crippen LogP contribution in [0.5, 0.6) is 0 Å². The van der Waals surface area contributed by atoms with Crippen LogP contribution >= 0.6 is 0 Å². The van der Waals surface area contributed by atoms with Gasteiger partial charge < -0.3 is 5.32 Å². The van der Waals surface area contributed by atoms with E-state index in [0.717, 1.165) is 30.8 Å². The Morgan fingerprint density at radius 3 is 2.09 bits per heavy atom. The van der Waals surface area contributed by atoms with Crippen LogP contribution in [0.2, 0.25) is 0 Å². The molecule has 0 aliphatic heterocycles. The van der Waals surface area contributed by atoms with Gasteiger partial charge in [0, 0.05) is 17.8 Å². The summed E-state index contributed by atoms with van der Waals surface area (Å²) in [5, 5.41) is 2.99. The van der Waals surface area contributed by atoms with Gasteiger partial charge in [-0.05, 0) is 67.2 Å². The van der Waals surface area contributed by atoms with Gasteiger partial charge in [0.25, 0.3) is 15.9 Å². The SMILES string of the molecule is CCN(CC)[C@@H](CNC(=O)c1ccc(NS(=O)(=O)c2ccc(F)cc2)cc1)c1ccccc1. The number of carbonyl (C=O) groups excluding carboxylic acids is 1. The maximum absolute atomic E-state index is 13.1. The molecule has 1 atom stereocenters. The second-order valence-electron chi connectivity index (χ2n) is 7.49. The maximum atomic E-state index is 13.1. The average molecular weight is 470 g/mol. The Kier molecular flexibility index (Phi) is 8.19. The predicted molar refractivity (Wildman–Crippen MR) is 128 cm³/mol. The molecule has 3 aromatic carbocycles. The Balaban J connectivity index is 1.66. The fraction of sp³-hybridized carbons (Fsp3) is 0.240. The minimum Gasteiger partial charge on any atom is -0.350 e. The first-order chi connectivity index (χ1) is 15.8. The highest BCUT2D eigenvalue weighted by molar-refractivity contribution is 7.92. The molecule has 0 bridgehead atoms. The number of amides is 1. The summed E-state index contributed by atoms with van der Waals surface area (Å²) >= 11 is 0. The Morgan fingerprint density at radius 2 is 1.52 bits per heavy atom. The molecule has 3 rings (SSSR count). The predicted octanol–water partition coefficient (Wildman–Crippen LogP) is 4.44. The number of nitrogens with one attached hydrogen (secondary N) is 2. The number of halogens is 1. The third-order valence-electron chi connectivity index (χ3n) is 5.42. The van der Waals surface area contributed by atoms with Crippen molar-refractivity contribution in [1.29, 1.82) is 0 Å². The molecule has 1 amide bonds. The molecular formula is C25H28FN3O3S. The zero-order valence-corrected chi connectivity index (χ0v) is 19.5. The second-order valence-corrected chi connectivity index (χ2v) is 9.18. The highest BCUT2D eigenvalue weighted by Crippen LogP contribution is 2.20. The van der Waals surface area contributed by atoms with Gasteiger partial charge in [-0.1, -0.05) is 44.2 Å². The molecule has 0 aliphatic carbocycles. The van der Waals surface area contributed by atoms with Crippen LogP contribution in [0.15, 0.2) is 83.8 Å². The molecule has 0 aromatic heterocycles. The summed E-state index contributed by atoms with van der Waals surface area (Å²) in [6.07, 6.45) is 0. The van der Waals surface area contributed by atoms with Gasteiger partial charge >= 0.3 is 0 Å². The molecular weight excluding hydrogens is 441 g/mol. The monoisotopic (exact) mass is 469 g/mol. The van der Waals surface area contributed by atoms with Crippen molar-refractivity contribution < 1.29 is 17.6 Å². The molecule has 0 aliphatic rings. The molecule has 174 valence electrons. The minimum absolute atomic E-state index is 0.0472. The van der Waals surface area contributed by atoms with Crippen LogP contribution < -0.4 is 10.0 Å². The van der Waals surface area contributed by atoms with Crippen molar-refractivity contribution in [3.8, 4) is 0 Å². The normalized spacial score (nSPS) is 12.4. The van der Waals surface area contributed by atoms with Crippen LogP contribution in [0.4, 0.5) is 10.1 Å². The second kappa shape index (κ2) is 11.1. The lowest BCUT2D eigenvalue weighted by Gasteiger charge is -2.30. The number of nitrogens with zero attached hydrogens (tertiary/aromatic N) is 1. The largest absolute Gasteiger partial charge is 0.350 e. The Bertz CT molecular complexity index is 1150. The first kappa shape index (κ1) is 24.4. The zero-order chi connectivity index (χ0) is 23.8. The Labute approximate surface area is 194 Å². The lowest BCUT2D eigenvalue weighted by molar-refractivity contribution is 0.0935. The van der Waals surface area contributed by atoms with Gasteiger partial charge in [-0.25, -0.2) is 12.8 Å². The van der Waals surface area contributed by atoms with Crippen molar-refractivity contribution in [3.05, 3.63) is 95.8 Å². The van der Waals surface area contributed by atoms with E-state index in [2.05, 4.69) is 40.9 Å². The summed E-state index contributed by atoms with van der Waals surface area (Å²) in [5.41, 5.74) is 1.86. The maximum Gasteiger partial charge on any atom is 0.261 e. The number of hydrogen-bond acceptors (Lipinski definition) is 4. The van der Waals surface area contributed by atoms with Crippen LogP contribution in [0.1, 0.15) is 35.8 Å². The van der Waals surface area contributed by atoms with Crippen LogP contribution in [0, 0.1) is 5.82 Å². The number of hydrogen-bond donors (Lipinski definition) is 2. The van der Waals surface area contributed by atoms with Gasteiger partial charge in [0.2, 0.25) is 0 Å². The Morgan fingerprint density at radius 1 is 0.909 bits per heavy atom. The topological polar surface area (TPSA) is 78.5 Å². The quantitative estimate of drug-likeness (QED) is 0.460. The van der Waals surface area contributed by atoms with Crippen LogP contribution in [-0.4, -0.2) is 38.9 Å². The van der Waals surface area contributed by atoms with Crippen molar-refractivity contribution in [2.45, 2.75) is 24.8 Å². The molecule has 0 saturated carbocycles. The first-order valence-electron chi connectivity index (χ1n) is 10.8. The number of carbonyl (C=O) groups is 1. The smallest absolute Gasteiger partial charge is 0.261 e. The number of sulfonamides is 1. The molecule has 0 radical (unpaired) electrons. The number of benzene rings is 3. The third-order valence-corrected chi connectivity index (χ3v) is 6.81. The van der Waals surface area contributed by atoms with Crippen molar-refractivity contribution in [2.24, 2.45) is 0 Å². The van der Waals surface area contributed by atoms with E-state index < -0.39 is 15.8 Å². The molecule has 0 unspecified atom stereocenters. The molecule has 0 heterocycles. The van der Waals surface area contributed by atoms with Crippen molar-refractivity contribution in [1.82, 2.24) is 10.2 Å². The van der Waals surface area contributed by atoms with Gasteiger partial charge in [-0.15, -0.1) is 0 Å². The molecule has 2 N–H and O–H groups in total. The fourth-order valence-corrected chi connectivity index (χ4v) is 4.66. The van der Waals surface area contributed by atoms with Gasteiger partial charge in [0.15, 0.2) is 0 Å². The molecule has 0 fully saturated rings. The van der Waals surface area contributed by atoms with Gasteiger partial charge in [0.05, 0.1) is 10.9 Å². The molecule has 0 saturated heterocycles.